The molecular weight excluding hydrogens is 174 g/mol. The number of nitrogens with zero attached hydrogens (tertiary/aromatic N) is 1. The predicted molar refractivity (Wildman–Crippen MR) is 42.2 cm³/mol. The SMILES string of the molecule is O=C(O)C(C(=O)O)c1ccncc1. The second kappa shape index (κ2) is 3.66. The lowest BCUT2D eigenvalue weighted by atomic mass is 10.0. The fraction of sp³-hybridized carbons (Fsp3) is 0.125. The van der Waals surface area contributed by atoms with Gasteiger partial charge in [-0.2, -0.15) is 0 Å². The lowest BCUT2D eigenvalue weighted by Gasteiger charge is -2.05. The van der Waals surface area contributed by atoms with E-state index >= 15 is 0 Å². The molecule has 68 valence electrons. The summed E-state index contributed by atoms with van der Waals surface area (Å²) in [6.07, 6.45) is 2.71. The average molecular weight is 181 g/mol. The van der Waals surface area contributed by atoms with E-state index in [2.05, 4.69) is 4.98 Å². The highest BCUT2D eigenvalue weighted by atomic mass is 16.4. The summed E-state index contributed by atoms with van der Waals surface area (Å²) in [5, 5.41) is 17.2. The molecule has 0 aliphatic rings. The summed E-state index contributed by atoms with van der Waals surface area (Å²) in [5.41, 5.74) is 0.218. The van der Waals surface area contributed by atoms with Crippen molar-refractivity contribution in [1.82, 2.24) is 4.98 Å². The molecule has 0 aromatic carbocycles. The Bertz CT molecular complexity index is 308. The molecule has 0 spiro atoms. The normalized spacial score (nSPS) is 9.92. The van der Waals surface area contributed by atoms with E-state index in [0.29, 0.717) is 0 Å². The number of hydrogen-bond acceptors (Lipinski definition) is 3. The van der Waals surface area contributed by atoms with E-state index in [1.807, 2.05) is 0 Å². The van der Waals surface area contributed by atoms with Gasteiger partial charge in [0.2, 0.25) is 0 Å². The van der Waals surface area contributed by atoms with Crippen LogP contribution in [0.15, 0.2) is 24.5 Å². The van der Waals surface area contributed by atoms with Crippen LogP contribution in [0.1, 0.15) is 11.5 Å². The summed E-state index contributed by atoms with van der Waals surface area (Å²) in [4.78, 5) is 24.7. The summed E-state index contributed by atoms with van der Waals surface area (Å²) in [6, 6.07) is 2.74. The van der Waals surface area contributed by atoms with Crippen molar-refractivity contribution in [2.45, 2.75) is 5.92 Å². The minimum Gasteiger partial charge on any atom is -0.480 e. The number of hydrogen-bond donors (Lipinski definition) is 2. The first kappa shape index (κ1) is 9.18. The maximum absolute atomic E-state index is 10.5. The number of carbonyl (C=O) groups is 2. The van der Waals surface area contributed by atoms with Crippen LogP contribution in [0.2, 0.25) is 0 Å². The number of rotatable bonds is 3. The maximum atomic E-state index is 10.5. The predicted octanol–water partition coefficient (Wildman–Crippen LogP) is 0.334. The van der Waals surface area contributed by atoms with Crippen LogP contribution in [0, 0.1) is 0 Å². The van der Waals surface area contributed by atoms with Gasteiger partial charge in [-0.1, -0.05) is 0 Å². The molecule has 0 radical (unpaired) electrons. The Kier molecular flexibility index (Phi) is 2.59. The molecule has 0 saturated heterocycles. The molecule has 1 rings (SSSR count). The molecule has 0 aliphatic heterocycles. The van der Waals surface area contributed by atoms with Crippen LogP contribution in [0.3, 0.4) is 0 Å². The second-order valence-corrected chi connectivity index (χ2v) is 2.39. The van der Waals surface area contributed by atoms with E-state index < -0.39 is 17.9 Å². The Hall–Kier alpha value is -1.91. The number of pyridine rings is 1. The third-order valence-corrected chi connectivity index (χ3v) is 1.53. The quantitative estimate of drug-likeness (QED) is 0.656. The van der Waals surface area contributed by atoms with E-state index in [4.69, 9.17) is 10.2 Å². The first-order valence-electron chi connectivity index (χ1n) is 3.48. The summed E-state index contributed by atoms with van der Waals surface area (Å²) in [5.74, 6) is -4.26. The summed E-state index contributed by atoms with van der Waals surface area (Å²) < 4.78 is 0. The van der Waals surface area contributed by atoms with Gasteiger partial charge in [-0.05, 0) is 17.7 Å². The lowest BCUT2D eigenvalue weighted by Crippen LogP contribution is -2.20. The summed E-state index contributed by atoms with van der Waals surface area (Å²) in [7, 11) is 0. The number of aromatic nitrogens is 1. The van der Waals surface area contributed by atoms with Crippen LogP contribution in [-0.4, -0.2) is 27.1 Å². The molecule has 1 heterocycles. The van der Waals surface area contributed by atoms with Crippen molar-refractivity contribution in [2.75, 3.05) is 0 Å². The monoisotopic (exact) mass is 181 g/mol. The molecule has 2 N–H and O–H groups in total. The Labute approximate surface area is 73.7 Å². The molecular formula is C8H7NO4. The minimum atomic E-state index is -1.51. The fourth-order valence-electron chi connectivity index (χ4n) is 0.947. The van der Waals surface area contributed by atoms with Gasteiger partial charge in [-0.15, -0.1) is 0 Å². The fourth-order valence-corrected chi connectivity index (χ4v) is 0.947. The number of carboxylic acids is 2. The molecule has 0 bridgehead atoms. The van der Waals surface area contributed by atoms with Crippen LogP contribution in [0.25, 0.3) is 0 Å². The average Bonchev–Trinajstić information content (AvgIpc) is 2.04. The highest BCUT2D eigenvalue weighted by Gasteiger charge is 2.27. The summed E-state index contributed by atoms with van der Waals surface area (Å²) in [6.45, 7) is 0. The lowest BCUT2D eigenvalue weighted by molar-refractivity contribution is -0.150. The van der Waals surface area contributed by atoms with Crippen LogP contribution < -0.4 is 0 Å². The smallest absolute Gasteiger partial charge is 0.322 e. The molecule has 0 atom stereocenters. The van der Waals surface area contributed by atoms with Crippen LogP contribution in [0.4, 0.5) is 0 Å². The Balaban J connectivity index is 3.03. The van der Waals surface area contributed by atoms with Crippen molar-refractivity contribution in [3.63, 3.8) is 0 Å². The largest absolute Gasteiger partial charge is 0.480 e. The van der Waals surface area contributed by atoms with E-state index in [1.54, 1.807) is 0 Å². The van der Waals surface area contributed by atoms with Crippen LogP contribution >= 0.6 is 0 Å². The zero-order chi connectivity index (χ0) is 9.84. The standard InChI is InChI=1S/C8H7NO4/c10-7(11)6(8(12)13)5-1-3-9-4-2-5/h1-4,6H,(H,10,11)(H,12,13). The molecule has 0 aliphatic carbocycles. The Morgan fingerprint density at radius 2 is 1.62 bits per heavy atom. The minimum absolute atomic E-state index is 0.218. The zero-order valence-electron chi connectivity index (χ0n) is 6.54. The van der Waals surface area contributed by atoms with Crippen LogP contribution in [0.5, 0.6) is 0 Å². The van der Waals surface area contributed by atoms with Crippen molar-refractivity contribution in [1.29, 1.82) is 0 Å². The molecule has 1 aromatic heterocycles. The van der Waals surface area contributed by atoms with Crippen molar-refractivity contribution in [3.05, 3.63) is 30.1 Å². The highest BCUT2D eigenvalue weighted by molar-refractivity contribution is 5.98. The molecule has 13 heavy (non-hydrogen) atoms. The van der Waals surface area contributed by atoms with Gasteiger partial charge in [0.25, 0.3) is 0 Å². The molecule has 0 saturated carbocycles. The maximum Gasteiger partial charge on any atom is 0.322 e. The van der Waals surface area contributed by atoms with Gasteiger partial charge in [-0.3, -0.25) is 14.6 Å². The van der Waals surface area contributed by atoms with Gasteiger partial charge in [-0.25, -0.2) is 0 Å². The number of carboxylic acid groups (broad SMARTS) is 2. The van der Waals surface area contributed by atoms with E-state index in [0.717, 1.165) is 0 Å². The first-order chi connectivity index (χ1) is 6.13. The van der Waals surface area contributed by atoms with Crippen LogP contribution in [-0.2, 0) is 9.59 Å². The molecule has 1 aromatic rings. The van der Waals surface area contributed by atoms with Gasteiger partial charge in [0, 0.05) is 12.4 Å². The molecule has 5 nitrogen and oxygen atoms in total. The van der Waals surface area contributed by atoms with Crippen molar-refractivity contribution >= 4 is 11.9 Å². The molecule has 0 fully saturated rings. The van der Waals surface area contributed by atoms with Gasteiger partial charge in [0.1, 0.15) is 0 Å². The van der Waals surface area contributed by atoms with Gasteiger partial charge in [0.05, 0.1) is 0 Å². The Morgan fingerprint density at radius 1 is 1.15 bits per heavy atom. The second-order valence-electron chi connectivity index (χ2n) is 2.39. The van der Waals surface area contributed by atoms with Crippen molar-refractivity contribution in [2.24, 2.45) is 0 Å². The highest BCUT2D eigenvalue weighted by Crippen LogP contribution is 2.14. The van der Waals surface area contributed by atoms with E-state index in [1.165, 1.54) is 24.5 Å². The van der Waals surface area contributed by atoms with E-state index in [9.17, 15) is 9.59 Å². The Morgan fingerprint density at radius 3 is 2.00 bits per heavy atom. The summed E-state index contributed by atoms with van der Waals surface area (Å²) >= 11 is 0. The van der Waals surface area contributed by atoms with E-state index in [-0.39, 0.29) is 5.56 Å². The third-order valence-electron chi connectivity index (χ3n) is 1.53. The van der Waals surface area contributed by atoms with Gasteiger partial charge >= 0.3 is 11.9 Å². The topological polar surface area (TPSA) is 87.5 Å². The van der Waals surface area contributed by atoms with Crippen molar-refractivity contribution in [3.8, 4) is 0 Å². The van der Waals surface area contributed by atoms with Gasteiger partial charge in [0.15, 0.2) is 5.92 Å². The first-order valence-corrected chi connectivity index (χ1v) is 3.48. The third kappa shape index (κ3) is 2.02. The molecule has 0 unspecified atom stereocenters. The van der Waals surface area contributed by atoms with Crippen molar-refractivity contribution < 1.29 is 19.8 Å². The molecule has 5 heteroatoms. The van der Waals surface area contributed by atoms with Gasteiger partial charge < -0.3 is 10.2 Å². The zero-order valence-corrected chi connectivity index (χ0v) is 6.54. The molecule has 0 amide bonds. The number of aliphatic carboxylic acids is 2.